The van der Waals surface area contributed by atoms with E-state index in [0.717, 1.165) is 29.0 Å². The van der Waals surface area contributed by atoms with Crippen LogP contribution < -0.4 is 14.6 Å². The van der Waals surface area contributed by atoms with E-state index in [2.05, 4.69) is 4.90 Å². The molecule has 0 saturated carbocycles. The summed E-state index contributed by atoms with van der Waals surface area (Å²) in [7, 11) is 0.804. The number of hydrogen-bond acceptors (Lipinski definition) is 6. The molecule has 0 bridgehead atoms. The minimum atomic E-state index is -3.89. The van der Waals surface area contributed by atoms with Gasteiger partial charge in [0.15, 0.2) is 0 Å². The fourth-order valence-electron chi connectivity index (χ4n) is 3.43. The molecular weight excluding hydrogens is 368 g/mol. The minimum absolute atomic E-state index is 0.0213. The average Bonchev–Trinajstić information content (AvgIpc) is 2.65. The van der Waals surface area contributed by atoms with Crippen LogP contribution >= 0.6 is 0 Å². The lowest BCUT2D eigenvalue weighted by molar-refractivity contribution is 0.0448. The molecule has 0 fully saturated rings. The van der Waals surface area contributed by atoms with Crippen LogP contribution in [0, 0.1) is 0 Å². The van der Waals surface area contributed by atoms with Gasteiger partial charge in [-0.25, -0.2) is 13.6 Å². The Bertz CT molecular complexity index is 930. The SMILES string of the molecule is COc1cccc(CN2Cc3cc(OC)c(S(N)(=O)=O)cc3C(OC)C2)c1. The maximum Gasteiger partial charge on any atom is 0.241 e. The van der Waals surface area contributed by atoms with Gasteiger partial charge in [-0.1, -0.05) is 12.1 Å². The van der Waals surface area contributed by atoms with E-state index < -0.39 is 10.0 Å². The number of primary sulfonamides is 1. The molecule has 0 aliphatic carbocycles. The van der Waals surface area contributed by atoms with E-state index in [-0.39, 0.29) is 16.7 Å². The molecule has 0 aromatic heterocycles. The first-order valence-corrected chi connectivity index (χ1v) is 10.0. The summed E-state index contributed by atoms with van der Waals surface area (Å²) in [6, 6.07) is 11.2. The lowest BCUT2D eigenvalue weighted by atomic mass is 9.96. The lowest BCUT2D eigenvalue weighted by Crippen LogP contribution is -2.34. The van der Waals surface area contributed by atoms with Crippen molar-refractivity contribution < 1.29 is 22.6 Å². The summed E-state index contributed by atoms with van der Waals surface area (Å²) < 4.78 is 40.0. The van der Waals surface area contributed by atoms with Gasteiger partial charge in [0, 0.05) is 26.7 Å². The maximum absolute atomic E-state index is 11.9. The van der Waals surface area contributed by atoms with E-state index in [9.17, 15) is 8.42 Å². The van der Waals surface area contributed by atoms with Crippen LogP contribution in [0.5, 0.6) is 11.5 Å². The van der Waals surface area contributed by atoms with Gasteiger partial charge in [0.2, 0.25) is 10.0 Å². The zero-order valence-corrected chi connectivity index (χ0v) is 16.5. The molecule has 3 rings (SSSR count). The fourth-order valence-corrected chi connectivity index (χ4v) is 4.14. The smallest absolute Gasteiger partial charge is 0.241 e. The second-order valence-corrected chi connectivity index (χ2v) is 8.02. The van der Waals surface area contributed by atoms with E-state index in [4.69, 9.17) is 19.3 Å². The highest BCUT2D eigenvalue weighted by Gasteiger charge is 2.29. The van der Waals surface area contributed by atoms with E-state index >= 15 is 0 Å². The first-order valence-electron chi connectivity index (χ1n) is 8.47. The molecular formula is C19H24N2O5S. The van der Waals surface area contributed by atoms with Crippen molar-refractivity contribution in [3.8, 4) is 11.5 Å². The zero-order valence-electron chi connectivity index (χ0n) is 15.6. The Morgan fingerprint density at radius 2 is 1.93 bits per heavy atom. The molecule has 7 nitrogen and oxygen atoms in total. The Morgan fingerprint density at radius 1 is 1.15 bits per heavy atom. The second kappa shape index (κ2) is 7.85. The van der Waals surface area contributed by atoms with Crippen LogP contribution in [-0.2, 0) is 27.8 Å². The van der Waals surface area contributed by atoms with E-state index in [1.165, 1.54) is 7.11 Å². The molecule has 27 heavy (non-hydrogen) atoms. The Balaban J connectivity index is 1.93. The Labute approximate surface area is 159 Å². The predicted octanol–water partition coefficient (Wildman–Crippen LogP) is 2.05. The highest BCUT2D eigenvalue weighted by Crippen LogP contribution is 2.36. The lowest BCUT2D eigenvalue weighted by Gasteiger charge is -2.34. The number of hydrogen-bond donors (Lipinski definition) is 1. The maximum atomic E-state index is 11.9. The van der Waals surface area contributed by atoms with E-state index in [1.54, 1.807) is 26.4 Å². The summed E-state index contributed by atoms with van der Waals surface area (Å²) >= 11 is 0. The van der Waals surface area contributed by atoms with E-state index in [0.29, 0.717) is 13.1 Å². The molecule has 2 N–H and O–H groups in total. The molecule has 0 saturated heterocycles. The van der Waals surface area contributed by atoms with Crippen molar-refractivity contribution in [1.29, 1.82) is 0 Å². The van der Waals surface area contributed by atoms with Crippen molar-refractivity contribution in [2.45, 2.75) is 24.1 Å². The van der Waals surface area contributed by atoms with Gasteiger partial charge in [-0.15, -0.1) is 0 Å². The van der Waals surface area contributed by atoms with Crippen molar-refractivity contribution in [3.05, 3.63) is 53.1 Å². The van der Waals surface area contributed by atoms with Gasteiger partial charge in [0.25, 0.3) is 0 Å². The normalized spacial score (nSPS) is 17.4. The van der Waals surface area contributed by atoms with Crippen molar-refractivity contribution >= 4 is 10.0 Å². The van der Waals surface area contributed by atoms with Crippen LogP contribution in [0.1, 0.15) is 22.8 Å². The number of rotatable bonds is 6. The molecule has 1 unspecified atom stereocenters. The largest absolute Gasteiger partial charge is 0.497 e. The quantitative estimate of drug-likeness (QED) is 0.809. The summed E-state index contributed by atoms with van der Waals surface area (Å²) in [4.78, 5) is 2.22. The number of sulfonamides is 1. The van der Waals surface area contributed by atoms with Crippen molar-refractivity contribution in [1.82, 2.24) is 4.90 Å². The van der Waals surface area contributed by atoms with Crippen LogP contribution in [0.15, 0.2) is 41.3 Å². The highest BCUT2D eigenvalue weighted by atomic mass is 32.2. The Kier molecular flexibility index (Phi) is 5.71. The third kappa shape index (κ3) is 4.24. The number of nitrogens with zero attached hydrogens (tertiary/aromatic N) is 1. The molecule has 146 valence electrons. The molecule has 1 atom stereocenters. The molecule has 8 heteroatoms. The topological polar surface area (TPSA) is 91.1 Å². The summed E-state index contributed by atoms with van der Waals surface area (Å²) in [6.45, 7) is 2.00. The second-order valence-electron chi connectivity index (χ2n) is 6.49. The van der Waals surface area contributed by atoms with Crippen molar-refractivity contribution in [2.75, 3.05) is 27.9 Å². The van der Waals surface area contributed by atoms with Crippen molar-refractivity contribution in [2.24, 2.45) is 5.14 Å². The highest BCUT2D eigenvalue weighted by molar-refractivity contribution is 7.89. The third-order valence-electron chi connectivity index (χ3n) is 4.72. The van der Waals surface area contributed by atoms with Gasteiger partial charge in [-0.05, 0) is 41.0 Å². The van der Waals surface area contributed by atoms with Crippen LogP contribution in [0.25, 0.3) is 0 Å². The number of methoxy groups -OCH3 is 3. The van der Waals surface area contributed by atoms with E-state index in [1.807, 2.05) is 24.3 Å². The molecule has 0 spiro atoms. The first-order chi connectivity index (χ1) is 12.9. The number of fused-ring (bicyclic) bond motifs is 1. The Morgan fingerprint density at radius 3 is 2.56 bits per heavy atom. The number of benzene rings is 2. The van der Waals surface area contributed by atoms with Gasteiger partial charge >= 0.3 is 0 Å². The predicted molar refractivity (Wildman–Crippen MR) is 101 cm³/mol. The van der Waals surface area contributed by atoms with Gasteiger partial charge in [-0.3, -0.25) is 4.90 Å². The number of ether oxygens (including phenoxy) is 3. The minimum Gasteiger partial charge on any atom is -0.497 e. The van der Waals surface area contributed by atoms with Crippen LogP contribution in [0.3, 0.4) is 0 Å². The van der Waals surface area contributed by atoms with Gasteiger partial charge in [0.05, 0.1) is 20.3 Å². The molecule has 2 aromatic carbocycles. The van der Waals surface area contributed by atoms with Crippen molar-refractivity contribution in [3.63, 3.8) is 0 Å². The zero-order chi connectivity index (χ0) is 19.6. The van der Waals surface area contributed by atoms with Crippen LogP contribution in [0.2, 0.25) is 0 Å². The summed E-state index contributed by atoms with van der Waals surface area (Å²) in [6.07, 6.45) is -0.259. The standard InChI is InChI=1S/C19H24N2O5S/c1-24-15-6-4-5-13(7-15)10-21-11-14-8-17(25-2)19(27(20,22)23)9-16(14)18(12-21)26-3/h4-9,18H,10-12H2,1-3H3,(H2,20,22,23). The summed E-state index contributed by atoms with van der Waals surface area (Å²) in [5.74, 6) is 1.06. The van der Waals surface area contributed by atoms with Gasteiger partial charge in [-0.2, -0.15) is 0 Å². The molecule has 1 aliphatic heterocycles. The van der Waals surface area contributed by atoms with Gasteiger partial charge in [0.1, 0.15) is 16.4 Å². The summed E-state index contributed by atoms with van der Waals surface area (Å²) in [5, 5.41) is 5.34. The summed E-state index contributed by atoms with van der Waals surface area (Å²) in [5.41, 5.74) is 2.91. The van der Waals surface area contributed by atoms with Crippen LogP contribution in [-0.4, -0.2) is 41.2 Å². The Hall–Kier alpha value is -2.13. The molecule has 0 radical (unpaired) electrons. The number of nitrogens with two attached hydrogens (primary N) is 1. The monoisotopic (exact) mass is 392 g/mol. The average molecular weight is 392 g/mol. The molecule has 2 aromatic rings. The molecule has 1 heterocycles. The van der Waals surface area contributed by atoms with Crippen LogP contribution in [0.4, 0.5) is 0 Å². The third-order valence-corrected chi connectivity index (χ3v) is 5.65. The molecule has 0 amide bonds. The van der Waals surface area contributed by atoms with Gasteiger partial charge < -0.3 is 14.2 Å². The molecule has 1 aliphatic rings. The first kappa shape index (κ1) is 19.6. The fraction of sp³-hybridized carbons (Fsp3) is 0.368.